The van der Waals surface area contributed by atoms with Gasteiger partial charge in [-0.15, -0.1) is 0 Å². The quantitative estimate of drug-likeness (QED) is 0.780. The number of hydrogen-bond donors (Lipinski definition) is 2. The number of fused-ring (bicyclic) bond motifs is 1. The molecule has 2 aromatic carbocycles. The first-order valence-corrected chi connectivity index (χ1v) is 6.14. The summed E-state index contributed by atoms with van der Waals surface area (Å²) >= 11 is 5.86. The molecule has 94 valence electrons. The van der Waals surface area contributed by atoms with E-state index in [2.05, 4.69) is 5.32 Å². The molecule has 0 saturated heterocycles. The predicted molar refractivity (Wildman–Crippen MR) is 76.1 cm³/mol. The Kier molecular flexibility index (Phi) is 2.76. The monoisotopic (exact) mass is 271 g/mol. The number of amides is 1. The van der Waals surface area contributed by atoms with Crippen LogP contribution in [0.3, 0.4) is 0 Å². The summed E-state index contributed by atoms with van der Waals surface area (Å²) in [7, 11) is 0. The van der Waals surface area contributed by atoms with Crippen molar-refractivity contribution < 1.29 is 9.90 Å². The third-order valence-electron chi connectivity index (χ3n) is 2.99. The lowest BCUT2D eigenvalue weighted by Gasteiger charge is -2.00. The Balaban J connectivity index is 2.08. The molecule has 2 aromatic rings. The highest BCUT2D eigenvalue weighted by molar-refractivity contribution is 6.35. The van der Waals surface area contributed by atoms with Gasteiger partial charge in [0.15, 0.2) is 0 Å². The van der Waals surface area contributed by atoms with E-state index in [4.69, 9.17) is 11.6 Å². The molecule has 3 rings (SSSR count). The molecular formula is C15H10ClNO2. The minimum absolute atomic E-state index is 0.0279. The van der Waals surface area contributed by atoms with Crippen LogP contribution in [0.5, 0.6) is 5.75 Å². The summed E-state index contributed by atoms with van der Waals surface area (Å²) in [6.07, 6.45) is 1.76. The highest BCUT2D eigenvalue weighted by Crippen LogP contribution is 2.33. The average molecular weight is 272 g/mol. The molecule has 1 heterocycles. The molecule has 2 N–H and O–H groups in total. The van der Waals surface area contributed by atoms with E-state index in [-0.39, 0.29) is 16.7 Å². The van der Waals surface area contributed by atoms with Crippen LogP contribution in [0.4, 0.5) is 5.69 Å². The number of benzene rings is 2. The number of para-hydroxylation sites is 1. The van der Waals surface area contributed by atoms with Gasteiger partial charge in [0.2, 0.25) is 0 Å². The molecule has 1 amide bonds. The fourth-order valence-corrected chi connectivity index (χ4v) is 2.25. The molecule has 0 aromatic heterocycles. The number of halogens is 1. The summed E-state index contributed by atoms with van der Waals surface area (Å²) in [6.45, 7) is 0. The predicted octanol–water partition coefficient (Wildman–Crippen LogP) is 3.54. The molecule has 0 radical (unpaired) electrons. The highest BCUT2D eigenvalue weighted by atomic mass is 35.5. The number of carbonyl (C=O) groups excluding carboxylic acids is 1. The van der Waals surface area contributed by atoms with Crippen molar-refractivity contribution in [3.8, 4) is 5.75 Å². The van der Waals surface area contributed by atoms with Gasteiger partial charge in [-0.2, -0.15) is 0 Å². The number of nitrogens with one attached hydrogen (secondary N) is 1. The van der Waals surface area contributed by atoms with Crippen molar-refractivity contribution in [2.45, 2.75) is 0 Å². The third-order valence-corrected chi connectivity index (χ3v) is 3.30. The van der Waals surface area contributed by atoms with Crippen LogP contribution in [0.1, 0.15) is 11.1 Å². The van der Waals surface area contributed by atoms with E-state index in [9.17, 15) is 9.90 Å². The molecule has 0 saturated carbocycles. The number of carbonyl (C=O) groups is 1. The molecule has 0 atom stereocenters. The largest absolute Gasteiger partial charge is 0.506 e. The summed E-state index contributed by atoms with van der Waals surface area (Å²) < 4.78 is 0. The Morgan fingerprint density at radius 1 is 1.16 bits per heavy atom. The van der Waals surface area contributed by atoms with Crippen molar-refractivity contribution in [2.75, 3.05) is 5.32 Å². The molecule has 19 heavy (non-hydrogen) atoms. The topological polar surface area (TPSA) is 49.3 Å². The van der Waals surface area contributed by atoms with Gasteiger partial charge in [-0.3, -0.25) is 4.79 Å². The molecule has 4 heteroatoms. The number of anilines is 1. The SMILES string of the molecule is O=C1Nc2ccccc2/C1=C\c1ccc(O)c(Cl)c1. The Morgan fingerprint density at radius 2 is 1.95 bits per heavy atom. The zero-order valence-electron chi connectivity index (χ0n) is 9.85. The second kappa shape index (κ2) is 4.44. The van der Waals surface area contributed by atoms with Gasteiger partial charge >= 0.3 is 0 Å². The Hall–Kier alpha value is -2.26. The van der Waals surface area contributed by atoms with Crippen LogP contribution in [-0.2, 0) is 4.79 Å². The normalized spacial score (nSPS) is 15.4. The van der Waals surface area contributed by atoms with Crippen molar-refractivity contribution in [2.24, 2.45) is 0 Å². The summed E-state index contributed by atoms with van der Waals surface area (Å²) in [5, 5.41) is 12.5. The van der Waals surface area contributed by atoms with Crippen LogP contribution in [0, 0.1) is 0 Å². The summed E-state index contributed by atoms with van der Waals surface area (Å²) in [6, 6.07) is 12.4. The van der Waals surface area contributed by atoms with Crippen molar-refractivity contribution in [1.82, 2.24) is 0 Å². The van der Waals surface area contributed by atoms with Crippen LogP contribution in [-0.4, -0.2) is 11.0 Å². The second-order valence-electron chi connectivity index (χ2n) is 4.27. The van der Waals surface area contributed by atoms with Gasteiger partial charge in [0, 0.05) is 16.8 Å². The maximum atomic E-state index is 11.9. The van der Waals surface area contributed by atoms with Crippen LogP contribution >= 0.6 is 11.6 Å². The number of phenols is 1. The van der Waals surface area contributed by atoms with E-state index in [1.807, 2.05) is 24.3 Å². The standard InChI is InChI=1S/C15H10ClNO2/c16-12-8-9(5-6-14(12)18)7-11-10-3-1-2-4-13(10)17-15(11)19/h1-8,18H,(H,17,19)/b11-7+. The molecule has 0 fully saturated rings. The van der Waals surface area contributed by atoms with Gasteiger partial charge < -0.3 is 10.4 Å². The summed E-state index contributed by atoms with van der Waals surface area (Å²) in [5.41, 5.74) is 3.04. The van der Waals surface area contributed by atoms with Crippen molar-refractivity contribution >= 4 is 34.8 Å². The first-order chi connectivity index (χ1) is 9.15. The van der Waals surface area contributed by atoms with Gasteiger partial charge in [-0.25, -0.2) is 0 Å². The highest BCUT2D eigenvalue weighted by Gasteiger charge is 2.23. The van der Waals surface area contributed by atoms with E-state index >= 15 is 0 Å². The van der Waals surface area contributed by atoms with Gasteiger partial charge in [-0.05, 0) is 29.8 Å². The number of hydrogen-bond acceptors (Lipinski definition) is 2. The molecule has 0 spiro atoms. The minimum Gasteiger partial charge on any atom is -0.506 e. The van der Waals surface area contributed by atoms with Crippen molar-refractivity contribution in [1.29, 1.82) is 0 Å². The Labute approximate surface area is 115 Å². The minimum atomic E-state index is -0.134. The molecule has 0 unspecified atom stereocenters. The second-order valence-corrected chi connectivity index (χ2v) is 4.68. The van der Waals surface area contributed by atoms with Crippen LogP contribution in [0.25, 0.3) is 11.6 Å². The first-order valence-electron chi connectivity index (χ1n) is 5.76. The lowest BCUT2D eigenvalue weighted by molar-refractivity contribution is -0.110. The average Bonchev–Trinajstić information content (AvgIpc) is 2.71. The van der Waals surface area contributed by atoms with E-state index in [0.29, 0.717) is 5.57 Å². The first kappa shape index (κ1) is 11.8. The maximum Gasteiger partial charge on any atom is 0.256 e. The zero-order valence-corrected chi connectivity index (χ0v) is 10.6. The molecule has 1 aliphatic heterocycles. The molecule has 3 nitrogen and oxygen atoms in total. The number of aromatic hydroxyl groups is 1. The van der Waals surface area contributed by atoms with E-state index < -0.39 is 0 Å². The van der Waals surface area contributed by atoms with E-state index in [1.165, 1.54) is 6.07 Å². The lowest BCUT2D eigenvalue weighted by atomic mass is 10.0. The summed E-state index contributed by atoms with van der Waals surface area (Å²) in [5.74, 6) is -0.106. The smallest absolute Gasteiger partial charge is 0.256 e. The van der Waals surface area contributed by atoms with Gasteiger partial charge in [0.1, 0.15) is 5.75 Å². The van der Waals surface area contributed by atoms with Gasteiger partial charge in [-0.1, -0.05) is 35.9 Å². The number of rotatable bonds is 1. The molecule has 1 aliphatic rings. The van der Waals surface area contributed by atoms with Crippen molar-refractivity contribution in [3.05, 3.63) is 58.6 Å². The van der Waals surface area contributed by atoms with Crippen LogP contribution in [0.15, 0.2) is 42.5 Å². The zero-order chi connectivity index (χ0) is 13.4. The van der Waals surface area contributed by atoms with Crippen LogP contribution < -0.4 is 5.32 Å². The van der Waals surface area contributed by atoms with E-state index in [1.54, 1.807) is 18.2 Å². The summed E-state index contributed by atoms with van der Waals surface area (Å²) in [4.78, 5) is 11.9. The fourth-order valence-electron chi connectivity index (χ4n) is 2.06. The lowest BCUT2D eigenvalue weighted by Crippen LogP contribution is -2.03. The van der Waals surface area contributed by atoms with Gasteiger partial charge in [0.25, 0.3) is 5.91 Å². The van der Waals surface area contributed by atoms with E-state index in [0.717, 1.165) is 16.8 Å². The van der Waals surface area contributed by atoms with Crippen molar-refractivity contribution in [3.63, 3.8) is 0 Å². The molecule has 0 bridgehead atoms. The molecular weight excluding hydrogens is 262 g/mol. The molecule has 0 aliphatic carbocycles. The van der Waals surface area contributed by atoms with Crippen LogP contribution in [0.2, 0.25) is 5.02 Å². The van der Waals surface area contributed by atoms with Gasteiger partial charge in [0.05, 0.1) is 5.02 Å². The maximum absolute atomic E-state index is 11.9. The fraction of sp³-hybridized carbons (Fsp3) is 0. The Morgan fingerprint density at radius 3 is 2.74 bits per heavy atom. The Bertz CT molecular complexity index is 707. The number of phenolic OH excluding ortho intramolecular Hbond substituents is 1. The third kappa shape index (κ3) is 2.09.